The van der Waals surface area contributed by atoms with Gasteiger partial charge in [0.2, 0.25) is 0 Å². The Hall–Kier alpha value is -2.76. The minimum absolute atomic E-state index is 0.0736. The molecule has 11 heteroatoms. The van der Waals surface area contributed by atoms with Gasteiger partial charge in [-0.25, -0.2) is 23.2 Å². The van der Waals surface area contributed by atoms with Crippen LogP contribution in [0.15, 0.2) is 30.3 Å². The minimum atomic E-state index is -3.50. The number of morpholine rings is 1. The monoisotopic (exact) mass is 529 g/mol. The Morgan fingerprint density at radius 3 is 2.59 bits per heavy atom. The maximum absolute atomic E-state index is 13.3. The van der Waals surface area contributed by atoms with Gasteiger partial charge in [-0.1, -0.05) is 0 Å². The van der Waals surface area contributed by atoms with Crippen LogP contribution in [0.3, 0.4) is 0 Å². The van der Waals surface area contributed by atoms with Gasteiger partial charge in [0.15, 0.2) is 15.7 Å². The van der Waals surface area contributed by atoms with Crippen molar-refractivity contribution in [2.24, 2.45) is 0 Å². The van der Waals surface area contributed by atoms with Crippen molar-refractivity contribution < 1.29 is 23.1 Å². The molecular formula is C26H35N5O5S. The van der Waals surface area contributed by atoms with Gasteiger partial charge in [-0.3, -0.25) is 0 Å². The van der Waals surface area contributed by atoms with E-state index in [2.05, 4.69) is 17.1 Å². The number of nitrogens with one attached hydrogen (secondary N) is 1. The van der Waals surface area contributed by atoms with Gasteiger partial charge < -0.3 is 25.0 Å². The molecule has 3 aliphatic rings. The first-order valence-electron chi connectivity index (χ1n) is 13.0. The van der Waals surface area contributed by atoms with Crippen molar-refractivity contribution in [3.05, 3.63) is 36.0 Å². The van der Waals surface area contributed by atoms with E-state index in [1.807, 2.05) is 30.3 Å². The molecule has 2 amide bonds. The zero-order chi connectivity index (χ0) is 26.2. The lowest BCUT2D eigenvalue weighted by Gasteiger charge is -2.34. The number of carbonyl (C=O) groups is 1. The van der Waals surface area contributed by atoms with Gasteiger partial charge in [-0.05, 0) is 63.3 Å². The van der Waals surface area contributed by atoms with Crippen LogP contribution in [-0.4, -0.2) is 85.7 Å². The molecule has 2 saturated carbocycles. The number of sulfone groups is 1. The molecule has 2 aliphatic carbocycles. The number of aliphatic hydroxyl groups excluding tert-OH is 1. The standard InChI is InChI=1S/C26H35N5O5S/c1-18-17-36-14-12-31(18)23-16-22(26(10-11-26)37(34,35)15-3-13-32)28-24(29-23)19-4-6-20(7-5-19)27-25(33)30(2)21-8-9-21/h4-7,16,18,21,32H,3,8-15,17H2,1-2H3,(H,27,33)/t18-/m0/s1. The van der Waals surface area contributed by atoms with Crippen LogP contribution in [0.2, 0.25) is 0 Å². The molecule has 1 atom stereocenters. The molecule has 0 unspecified atom stereocenters. The largest absolute Gasteiger partial charge is 0.396 e. The Bertz CT molecular complexity index is 1240. The summed E-state index contributed by atoms with van der Waals surface area (Å²) in [4.78, 5) is 25.9. The maximum atomic E-state index is 13.3. The molecule has 0 bridgehead atoms. The highest BCUT2D eigenvalue weighted by Gasteiger charge is 2.56. The topological polar surface area (TPSA) is 125 Å². The lowest BCUT2D eigenvalue weighted by atomic mass is 10.1. The number of rotatable bonds is 9. The van der Waals surface area contributed by atoms with Crippen LogP contribution in [0.5, 0.6) is 0 Å². The van der Waals surface area contributed by atoms with Crippen LogP contribution in [0.25, 0.3) is 11.4 Å². The van der Waals surface area contributed by atoms with Gasteiger partial charge in [0, 0.05) is 43.6 Å². The summed E-state index contributed by atoms with van der Waals surface area (Å²) in [5, 5.41) is 12.1. The van der Waals surface area contributed by atoms with Crippen molar-refractivity contribution in [2.45, 2.75) is 55.9 Å². The molecular weight excluding hydrogens is 494 g/mol. The Kier molecular flexibility index (Phi) is 7.12. The molecule has 1 aliphatic heterocycles. The Morgan fingerprint density at radius 1 is 1.24 bits per heavy atom. The predicted molar refractivity (Wildman–Crippen MR) is 141 cm³/mol. The molecule has 5 rings (SSSR count). The van der Waals surface area contributed by atoms with E-state index in [-0.39, 0.29) is 30.9 Å². The number of amides is 2. The van der Waals surface area contributed by atoms with E-state index < -0.39 is 14.6 Å². The van der Waals surface area contributed by atoms with Gasteiger partial charge in [0.05, 0.1) is 30.7 Å². The smallest absolute Gasteiger partial charge is 0.321 e. The van der Waals surface area contributed by atoms with Crippen molar-refractivity contribution in [1.29, 1.82) is 0 Å². The van der Waals surface area contributed by atoms with Gasteiger partial charge in [0.1, 0.15) is 10.6 Å². The normalized spacial score (nSPS) is 20.9. The summed E-state index contributed by atoms with van der Waals surface area (Å²) in [5.74, 6) is 1.06. The van der Waals surface area contributed by atoms with E-state index in [9.17, 15) is 18.3 Å². The fourth-order valence-electron chi connectivity index (χ4n) is 4.84. The van der Waals surface area contributed by atoms with Crippen LogP contribution in [-0.2, 0) is 19.3 Å². The number of hydrogen-bond donors (Lipinski definition) is 2. The number of benzene rings is 1. The SMILES string of the molecule is C[C@H]1COCCN1c1cc(C2(S(=O)(=O)CCCO)CC2)nc(-c2ccc(NC(=O)N(C)C3CC3)cc2)n1. The summed E-state index contributed by atoms with van der Waals surface area (Å²) in [5.41, 5.74) is 1.92. The molecule has 37 heavy (non-hydrogen) atoms. The number of anilines is 2. The first-order chi connectivity index (χ1) is 17.7. The number of carbonyl (C=O) groups excluding carboxylic acids is 1. The third-order valence-electron chi connectivity index (χ3n) is 7.52. The minimum Gasteiger partial charge on any atom is -0.396 e. The van der Waals surface area contributed by atoms with E-state index in [0.29, 0.717) is 61.7 Å². The predicted octanol–water partition coefficient (Wildman–Crippen LogP) is 2.78. The molecule has 2 N–H and O–H groups in total. The third-order valence-corrected chi connectivity index (χ3v) is 10.2. The van der Waals surface area contributed by atoms with Gasteiger partial charge in [-0.2, -0.15) is 0 Å². The molecule has 0 radical (unpaired) electrons. The second kappa shape index (κ2) is 10.2. The fourth-order valence-corrected chi connectivity index (χ4v) is 6.89. The Morgan fingerprint density at radius 2 is 1.97 bits per heavy atom. The highest BCUT2D eigenvalue weighted by molar-refractivity contribution is 7.92. The summed E-state index contributed by atoms with van der Waals surface area (Å²) in [7, 11) is -1.70. The number of ether oxygens (including phenoxy) is 1. The zero-order valence-corrected chi connectivity index (χ0v) is 22.2. The molecule has 200 valence electrons. The molecule has 0 spiro atoms. The van der Waals surface area contributed by atoms with Crippen LogP contribution < -0.4 is 10.2 Å². The Labute approximate surface area is 218 Å². The van der Waals surface area contributed by atoms with Crippen LogP contribution in [0, 0.1) is 0 Å². The molecule has 1 aromatic carbocycles. The zero-order valence-electron chi connectivity index (χ0n) is 21.4. The van der Waals surface area contributed by atoms with E-state index in [1.54, 1.807) is 11.9 Å². The van der Waals surface area contributed by atoms with Crippen molar-refractivity contribution in [2.75, 3.05) is 49.4 Å². The van der Waals surface area contributed by atoms with Gasteiger partial charge in [0.25, 0.3) is 0 Å². The fraction of sp³-hybridized carbons (Fsp3) is 0.577. The summed E-state index contributed by atoms with van der Waals surface area (Å²) in [6.45, 7) is 3.68. The number of aromatic nitrogens is 2. The van der Waals surface area contributed by atoms with E-state index in [0.717, 1.165) is 18.4 Å². The van der Waals surface area contributed by atoms with E-state index in [1.165, 1.54) is 0 Å². The second-order valence-electron chi connectivity index (χ2n) is 10.3. The first kappa shape index (κ1) is 25.9. The number of aliphatic hydroxyl groups is 1. The summed E-state index contributed by atoms with van der Waals surface area (Å²) in [6.07, 6.45) is 3.30. The van der Waals surface area contributed by atoms with Crippen LogP contribution in [0.1, 0.15) is 44.7 Å². The highest BCUT2D eigenvalue weighted by atomic mass is 32.2. The quantitative estimate of drug-likeness (QED) is 0.508. The molecule has 1 saturated heterocycles. The molecule has 3 fully saturated rings. The third kappa shape index (κ3) is 5.30. The molecule has 2 heterocycles. The van der Waals surface area contributed by atoms with Gasteiger partial charge >= 0.3 is 6.03 Å². The summed E-state index contributed by atoms with van der Waals surface area (Å²) >= 11 is 0. The lowest BCUT2D eigenvalue weighted by molar-refractivity contribution is 0.0985. The first-order valence-corrected chi connectivity index (χ1v) is 14.6. The van der Waals surface area contributed by atoms with Gasteiger partial charge in [-0.15, -0.1) is 0 Å². The van der Waals surface area contributed by atoms with E-state index in [4.69, 9.17) is 14.7 Å². The molecule has 2 aromatic rings. The lowest BCUT2D eigenvalue weighted by Crippen LogP contribution is -2.44. The van der Waals surface area contributed by atoms with E-state index >= 15 is 0 Å². The Balaban J connectivity index is 1.47. The van der Waals surface area contributed by atoms with Crippen LogP contribution in [0.4, 0.5) is 16.3 Å². The summed E-state index contributed by atoms with van der Waals surface area (Å²) < 4.78 is 31.1. The van der Waals surface area contributed by atoms with Crippen LogP contribution >= 0.6 is 0 Å². The number of nitrogens with zero attached hydrogens (tertiary/aromatic N) is 4. The van der Waals surface area contributed by atoms with Crippen molar-refractivity contribution >= 4 is 27.4 Å². The van der Waals surface area contributed by atoms with Crippen molar-refractivity contribution in [3.63, 3.8) is 0 Å². The highest BCUT2D eigenvalue weighted by Crippen LogP contribution is 2.53. The molecule has 10 nitrogen and oxygen atoms in total. The number of urea groups is 1. The van der Waals surface area contributed by atoms with Crippen molar-refractivity contribution in [1.82, 2.24) is 14.9 Å². The number of hydrogen-bond acceptors (Lipinski definition) is 8. The van der Waals surface area contributed by atoms with Crippen molar-refractivity contribution in [3.8, 4) is 11.4 Å². The second-order valence-corrected chi connectivity index (χ2v) is 12.7. The average Bonchev–Trinajstić information content (AvgIpc) is 3.81. The maximum Gasteiger partial charge on any atom is 0.321 e. The molecule has 1 aromatic heterocycles. The summed E-state index contributed by atoms with van der Waals surface area (Å²) in [6, 6.07) is 9.40. The average molecular weight is 530 g/mol.